The van der Waals surface area contributed by atoms with Crippen LogP contribution in [0.1, 0.15) is 42.7 Å². The molecule has 1 amide bonds. The number of pyridine rings is 1. The van der Waals surface area contributed by atoms with Crippen molar-refractivity contribution >= 4 is 16.8 Å². The van der Waals surface area contributed by atoms with Gasteiger partial charge in [-0.2, -0.15) is 5.10 Å². The number of carbonyl (C=O) groups excluding carboxylic acids is 1. The summed E-state index contributed by atoms with van der Waals surface area (Å²) in [5, 5.41) is 8.31. The highest BCUT2D eigenvalue weighted by Gasteiger charge is 2.40. The minimum absolute atomic E-state index is 0.0416. The average molecular weight is 484 g/mol. The van der Waals surface area contributed by atoms with E-state index in [0.717, 1.165) is 40.7 Å². The lowest BCUT2D eigenvalue weighted by Crippen LogP contribution is -2.55. The summed E-state index contributed by atoms with van der Waals surface area (Å²) >= 11 is 0. The molecule has 0 aliphatic carbocycles. The highest BCUT2D eigenvalue weighted by molar-refractivity contribution is 5.96. The van der Waals surface area contributed by atoms with E-state index >= 15 is 0 Å². The van der Waals surface area contributed by atoms with Crippen molar-refractivity contribution in [2.24, 2.45) is 5.92 Å². The molecule has 1 aliphatic heterocycles. The van der Waals surface area contributed by atoms with Gasteiger partial charge >= 0.3 is 0 Å². The van der Waals surface area contributed by atoms with Gasteiger partial charge in [0.25, 0.3) is 5.91 Å². The summed E-state index contributed by atoms with van der Waals surface area (Å²) in [5.74, 6) is 0.971. The van der Waals surface area contributed by atoms with Crippen LogP contribution in [0.5, 0.6) is 5.75 Å². The van der Waals surface area contributed by atoms with Crippen LogP contribution >= 0.6 is 0 Å². The highest BCUT2D eigenvalue weighted by atomic mass is 16.5. The van der Waals surface area contributed by atoms with Gasteiger partial charge in [-0.15, -0.1) is 0 Å². The molecular formula is C29H33N5O2. The molecule has 36 heavy (non-hydrogen) atoms. The third-order valence-electron chi connectivity index (χ3n) is 7.17. The zero-order valence-corrected chi connectivity index (χ0v) is 21.3. The Kier molecular flexibility index (Phi) is 6.74. The first-order chi connectivity index (χ1) is 17.5. The van der Waals surface area contributed by atoms with Gasteiger partial charge in [0.15, 0.2) is 0 Å². The molecule has 7 heteroatoms. The molecular weight excluding hydrogens is 450 g/mol. The largest absolute Gasteiger partial charge is 0.493 e. The molecule has 1 fully saturated rings. The summed E-state index contributed by atoms with van der Waals surface area (Å²) in [4.78, 5) is 22.7. The van der Waals surface area contributed by atoms with Gasteiger partial charge < -0.3 is 14.5 Å². The van der Waals surface area contributed by atoms with Crippen LogP contribution in [-0.2, 0) is 0 Å². The minimum atomic E-state index is -0.131. The summed E-state index contributed by atoms with van der Waals surface area (Å²) in [7, 11) is 1.89. The monoisotopic (exact) mass is 483 g/mol. The molecule has 2 aromatic heterocycles. The Bertz CT molecular complexity index is 1340. The zero-order chi connectivity index (χ0) is 25.2. The van der Waals surface area contributed by atoms with E-state index in [4.69, 9.17) is 4.74 Å². The van der Waals surface area contributed by atoms with Crippen molar-refractivity contribution in [2.75, 3.05) is 26.7 Å². The molecule has 7 nitrogen and oxygen atoms in total. The number of hydrogen-bond acceptors (Lipinski definition) is 5. The van der Waals surface area contributed by atoms with Crippen LogP contribution in [0.4, 0.5) is 0 Å². The second-order valence-electron chi connectivity index (χ2n) is 9.74. The third kappa shape index (κ3) is 4.46. The number of likely N-dealkylation sites (tertiary alicyclic amines) is 1. The van der Waals surface area contributed by atoms with Gasteiger partial charge in [-0.25, -0.2) is 0 Å². The van der Waals surface area contributed by atoms with Crippen molar-refractivity contribution in [3.63, 3.8) is 0 Å². The number of nitrogens with zero attached hydrogens (tertiary/aromatic N) is 4. The van der Waals surface area contributed by atoms with Crippen molar-refractivity contribution in [2.45, 2.75) is 32.9 Å². The van der Waals surface area contributed by atoms with Gasteiger partial charge in [-0.3, -0.25) is 14.9 Å². The Hall–Kier alpha value is -3.71. The van der Waals surface area contributed by atoms with Crippen LogP contribution in [0.15, 0.2) is 67.1 Å². The first kappa shape index (κ1) is 24.0. The van der Waals surface area contributed by atoms with Crippen molar-refractivity contribution in [3.05, 3.63) is 78.2 Å². The molecule has 0 radical (unpaired) electrons. The molecule has 3 heterocycles. The molecule has 1 saturated heterocycles. The van der Waals surface area contributed by atoms with Crippen LogP contribution in [0, 0.1) is 5.92 Å². The Morgan fingerprint density at radius 1 is 1.14 bits per heavy atom. The topological polar surface area (TPSA) is 74.3 Å². The maximum atomic E-state index is 13.9. The van der Waals surface area contributed by atoms with E-state index in [1.54, 1.807) is 12.4 Å². The number of aromatic amines is 1. The minimum Gasteiger partial charge on any atom is -0.493 e. The first-order valence-electron chi connectivity index (χ1n) is 12.6. The lowest BCUT2D eigenvalue weighted by Gasteiger charge is -2.48. The molecule has 4 aromatic rings. The molecule has 0 unspecified atom stereocenters. The van der Waals surface area contributed by atoms with Crippen molar-refractivity contribution in [1.29, 1.82) is 0 Å². The fourth-order valence-electron chi connectivity index (χ4n) is 5.18. The van der Waals surface area contributed by atoms with Crippen LogP contribution in [0.25, 0.3) is 22.0 Å². The molecule has 0 spiro atoms. The van der Waals surface area contributed by atoms with Crippen LogP contribution in [0.2, 0.25) is 0 Å². The van der Waals surface area contributed by atoms with Gasteiger partial charge in [0, 0.05) is 66.6 Å². The Morgan fingerprint density at radius 2 is 1.92 bits per heavy atom. The fraction of sp³-hybridized carbons (Fsp3) is 0.345. The second-order valence-corrected chi connectivity index (χ2v) is 9.74. The third-order valence-corrected chi connectivity index (χ3v) is 7.17. The van der Waals surface area contributed by atoms with Crippen LogP contribution in [0.3, 0.4) is 0 Å². The smallest absolute Gasteiger partial charge is 0.254 e. The lowest BCUT2D eigenvalue weighted by atomic mass is 9.84. The molecule has 5 rings (SSSR count). The molecule has 186 valence electrons. The SMILES string of the molecule is CCOc1cc(C(=O)N(C)[C@H](c2cncc3cn[nH]c23)C2CN(C(C)C)C2)ccc1-c1ccccc1. The Labute approximate surface area is 212 Å². The number of rotatable bonds is 8. The number of carbonyl (C=O) groups is 1. The standard InChI is InChI=1S/C29H33N5O2/c1-5-36-26-13-21(11-12-24(26)20-9-7-6-8-10-20)29(35)33(4)28(23-17-34(18-23)19(2)3)25-16-30-14-22-15-31-32-27(22)25/h6-16,19,23,28H,5,17-18H2,1-4H3,(H,31,32)/t28-/m0/s1. The first-order valence-corrected chi connectivity index (χ1v) is 12.6. The second kappa shape index (κ2) is 10.1. The summed E-state index contributed by atoms with van der Waals surface area (Å²) < 4.78 is 5.97. The number of nitrogens with one attached hydrogen (secondary N) is 1. The number of benzene rings is 2. The highest BCUT2D eigenvalue weighted by Crippen LogP contribution is 2.39. The van der Waals surface area contributed by atoms with E-state index < -0.39 is 0 Å². The van der Waals surface area contributed by atoms with Crippen LogP contribution < -0.4 is 4.74 Å². The van der Waals surface area contributed by atoms with Crippen molar-refractivity contribution in [3.8, 4) is 16.9 Å². The average Bonchev–Trinajstić information content (AvgIpc) is 3.35. The summed E-state index contributed by atoms with van der Waals surface area (Å²) in [6, 6.07) is 16.2. The number of hydrogen-bond donors (Lipinski definition) is 1. The fourth-order valence-corrected chi connectivity index (χ4v) is 5.18. The summed E-state index contributed by atoms with van der Waals surface area (Å²) in [6.07, 6.45) is 5.46. The van der Waals surface area contributed by atoms with Gasteiger partial charge in [0.1, 0.15) is 5.75 Å². The number of aromatic nitrogens is 3. The van der Waals surface area contributed by atoms with E-state index in [9.17, 15) is 4.79 Å². The molecule has 2 aromatic carbocycles. The van der Waals surface area contributed by atoms with E-state index in [2.05, 4.69) is 46.1 Å². The number of ether oxygens (including phenoxy) is 1. The maximum Gasteiger partial charge on any atom is 0.254 e. The van der Waals surface area contributed by atoms with Crippen molar-refractivity contribution in [1.82, 2.24) is 25.0 Å². The molecule has 1 atom stereocenters. The molecule has 1 N–H and O–H groups in total. The van der Waals surface area contributed by atoms with Gasteiger partial charge in [0.2, 0.25) is 0 Å². The number of amides is 1. The maximum absolute atomic E-state index is 13.9. The molecule has 1 aliphatic rings. The number of fused-ring (bicyclic) bond motifs is 1. The normalized spacial score (nSPS) is 15.1. The van der Waals surface area contributed by atoms with E-state index in [1.807, 2.05) is 61.5 Å². The van der Waals surface area contributed by atoms with Gasteiger partial charge in [-0.1, -0.05) is 30.3 Å². The summed E-state index contributed by atoms with van der Waals surface area (Å²) in [6.45, 7) is 8.77. The van der Waals surface area contributed by atoms with E-state index in [0.29, 0.717) is 29.9 Å². The van der Waals surface area contributed by atoms with E-state index in [-0.39, 0.29) is 11.9 Å². The predicted molar refractivity (Wildman–Crippen MR) is 142 cm³/mol. The van der Waals surface area contributed by atoms with Crippen LogP contribution in [-0.4, -0.2) is 63.7 Å². The van der Waals surface area contributed by atoms with Gasteiger partial charge in [0.05, 0.1) is 24.4 Å². The van der Waals surface area contributed by atoms with Gasteiger partial charge in [-0.05, 0) is 44.5 Å². The Morgan fingerprint density at radius 3 is 2.64 bits per heavy atom. The Balaban J connectivity index is 1.50. The predicted octanol–water partition coefficient (Wildman–Crippen LogP) is 5.18. The number of H-pyrrole nitrogens is 1. The summed E-state index contributed by atoms with van der Waals surface area (Å²) in [5.41, 5.74) is 4.58. The zero-order valence-electron chi connectivity index (χ0n) is 21.3. The molecule has 0 saturated carbocycles. The molecule has 0 bridgehead atoms. The quantitative estimate of drug-likeness (QED) is 0.374. The lowest BCUT2D eigenvalue weighted by molar-refractivity contribution is 0.0104. The van der Waals surface area contributed by atoms with E-state index in [1.165, 1.54) is 0 Å². The van der Waals surface area contributed by atoms with Crippen molar-refractivity contribution < 1.29 is 9.53 Å².